The van der Waals surface area contributed by atoms with Gasteiger partial charge in [0, 0.05) is 16.6 Å². The lowest BCUT2D eigenvalue weighted by atomic mass is 10.1. The first kappa shape index (κ1) is 19.6. The fraction of sp³-hybridized carbons (Fsp3) is 0.235. The Morgan fingerprint density at radius 2 is 1.68 bits per heavy atom. The number of nitrogens with zero attached hydrogens (tertiary/aromatic N) is 1. The molecular formula is C17H18Cl2N2O3S. The Kier molecular flexibility index (Phi) is 6.70. The van der Waals surface area contributed by atoms with Crippen LogP contribution in [-0.4, -0.2) is 33.7 Å². The normalized spacial score (nSPS) is 11.2. The largest absolute Gasteiger partial charge is 0.354 e. The first-order valence-electron chi connectivity index (χ1n) is 7.50. The highest BCUT2D eigenvalue weighted by molar-refractivity contribution is 7.92. The van der Waals surface area contributed by atoms with Crippen LogP contribution in [0.1, 0.15) is 5.56 Å². The molecule has 0 aromatic heterocycles. The number of halogens is 2. The SMILES string of the molecule is CS(=O)(=O)N(CC(=O)NCCc1ccccc1)c1cc(Cl)cc(Cl)c1. The van der Waals surface area contributed by atoms with Crippen LogP contribution in [0.4, 0.5) is 5.69 Å². The van der Waals surface area contributed by atoms with Crippen molar-refractivity contribution in [3.05, 3.63) is 64.1 Å². The number of rotatable bonds is 7. The first-order chi connectivity index (χ1) is 11.8. The van der Waals surface area contributed by atoms with Crippen LogP contribution < -0.4 is 9.62 Å². The topological polar surface area (TPSA) is 66.5 Å². The van der Waals surface area contributed by atoms with Gasteiger partial charge in [-0.05, 0) is 30.2 Å². The second kappa shape index (κ2) is 8.56. The molecule has 8 heteroatoms. The monoisotopic (exact) mass is 400 g/mol. The Bertz CT molecular complexity index is 822. The van der Waals surface area contributed by atoms with E-state index in [0.717, 1.165) is 16.1 Å². The van der Waals surface area contributed by atoms with E-state index in [1.54, 1.807) is 0 Å². The molecule has 0 aliphatic carbocycles. The molecule has 0 saturated carbocycles. The van der Waals surface area contributed by atoms with Crippen molar-refractivity contribution in [2.75, 3.05) is 23.7 Å². The molecule has 0 saturated heterocycles. The van der Waals surface area contributed by atoms with Crippen molar-refractivity contribution in [1.29, 1.82) is 0 Å². The second-order valence-electron chi connectivity index (χ2n) is 5.48. The zero-order valence-electron chi connectivity index (χ0n) is 13.6. The molecule has 0 aliphatic heterocycles. The Hall–Kier alpha value is -1.76. The summed E-state index contributed by atoms with van der Waals surface area (Å²) in [5, 5.41) is 3.31. The van der Waals surface area contributed by atoms with Crippen molar-refractivity contribution in [3.63, 3.8) is 0 Å². The predicted octanol–water partition coefficient (Wildman–Crippen LogP) is 3.12. The number of sulfonamides is 1. The summed E-state index contributed by atoms with van der Waals surface area (Å²) in [6.07, 6.45) is 1.69. The molecule has 1 amide bonds. The number of anilines is 1. The molecule has 1 N–H and O–H groups in total. The minimum Gasteiger partial charge on any atom is -0.354 e. The number of carbonyl (C=O) groups excluding carboxylic acids is 1. The van der Waals surface area contributed by atoms with E-state index < -0.39 is 15.9 Å². The average Bonchev–Trinajstić information content (AvgIpc) is 2.51. The summed E-state index contributed by atoms with van der Waals surface area (Å²) in [5.41, 5.74) is 1.34. The van der Waals surface area contributed by atoms with Crippen molar-refractivity contribution in [2.45, 2.75) is 6.42 Å². The van der Waals surface area contributed by atoms with Crippen molar-refractivity contribution in [1.82, 2.24) is 5.32 Å². The predicted molar refractivity (Wildman–Crippen MR) is 102 cm³/mol. The fourth-order valence-corrected chi connectivity index (χ4v) is 3.62. The van der Waals surface area contributed by atoms with Gasteiger partial charge in [-0.15, -0.1) is 0 Å². The van der Waals surface area contributed by atoms with Crippen LogP contribution in [0.15, 0.2) is 48.5 Å². The van der Waals surface area contributed by atoms with Gasteiger partial charge in [-0.1, -0.05) is 53.5 Å². The molecule has 134 valence electrons. The van der Waals surface area contributed by atoms with Crippen molar-refractivity contribution >= 4 is 44.8 Å². The van der Waals surface area contributed by atoms with Crippen LogP contribution in [0.2, 0.25) is 10.0 Å². The van der Waals surface area contributed by atoms with Crippen LogP contribution >= 0.6 is 23.2 Å². The van der Waals surface area contributed by atoms with E-state index >= 15 is 0 Å². The van der Waals surface area contributed by atoms with E-state index in [0.29, 0.717) is 23.0 Å². The molecule has 0 radical (unpaired) electrons. The Balaban J connectivity index is 2.03. The third kappa shape index (κ3) is 6.23. The number of carbonyl (C=O) groups is 1. The Morgan fingerprint density at radius 3 is 2.24 bits per heavy atom. The molecule has 0 unspecified atom stereocenters. The minimum absolute atomic E-state index is 0.248. The highest BCUT2D eigenvalue weighted by Gasteiger charge is 2.21. The molecule has 25 heavy (non-hydrogen) atoms. The molecule has 5 nitrogen and oxygen atoms in total. The molecule has 0 fully saturated rings. The van der Waals surface area contributed by atoms with Crippen LogP contribution in [0.25, 0.3) is 0 Å². The molecule has 0 aliphatic rings. The van der Waals surface area contributed by atoms with Gasteiger partial charge in [0.15, 0.2) is 0 Å². The molecule has 2 aromatic rings. The van der Waals surface area contributed by atoms with E-state index in [-0.39, 0.29) is 12.2 Å². The smallest absolute Gasteiger partial charge is 0.240 e. The van der Waals surface area contributed by atoms with Crippen molar-refractivity contribution in [2.24, 2.45) is 0 Å². The number of nitrogens with one attached hydrogen (secondary N) is 1. The Morgan fingerprint density at radius 1 is 1.08 bits per heavy atom. The van der Waals surface area contributed by atoms with Crippen LogP contribution in [0.5, 0.6) is 0 Å². The van der Waals surface area contributed by atoms with Gasteiger partial charge < -0.3 is 5.32 Å². The second-order valence-corrected chi connectivity index (χ2v) is 8.26. The first-order valence-corrected chi connectivity index (χ1v) is 10.1. The maximum atomic E-state index is 12.2. The standard InChI is InChI=1S/C17H18Cl2N2O3S/c1-25(23,24)21(16-10-14(18)9-15(19)11-16)12-17(22)20-8-7-13-5-3-2-4-6-13/h2-6,9-11H,7-8,12H2,1H3,(H,20,22). The molecule has 0 spiro atoms. The van der Waals surface area contributed by atoms with Gasteiger partial charge in [0.1, 0.15) is 6.54 Å². The van der Waals surface area contributed by atoms with Gasteiger partial charge >= 0.3 is 0 Å². The highest BCUT2D eigenvalue weighted by Crippen LogP contribution is 2.26. The third-order valence-corrected chi connectivity index (χ3v) is 4.98. The highest BCUT2D eigenvalue weighted by atomic mass is 35.5. The van der Waals surface area contributed by atoms with Crippen LogP contribution in [0.3, 0.4) is 0 Å². The lowest BCUT2D eigenvalue weighted by molar-refractivity contribution is -0.119. The minimum atomic E-state index is -3.67. The van der Waals surface area contributed by atoms with Crippen LogP contribution in [-0.2, 0) is 21.2 Å². The van der Waals surface area contributed by atoms with Gasteiger partial charge in [0.25, 0.3) is 0 Å². The maximum absolute atomic E-state index is 12.2. The number of hydrogen-bond acceptors (Lipinski definition) is 3. The lowest BCUT2D eigenvalue weighted by Gasteiger charge is -2.22. The van der Waals surface area contributed by atoms with Gasteiger partial charge in [-0.2, -0.15) is 0 Å². The summed E-state index contributed by atoms with van der Waals surface area (Å²) >= 11 is 11.9. The summed E-state index contributed by atoms with van der Waals surface area (Å²) in [6.45, 7) is 0.0705. The molecule has 2 aromatic carbocycles. The summed E-state index contributed by atoms with van der Waals surface area (Å²) < 4.78 is 25.1. The maximum Gasteiger partial charge on any atom is 0.240 e. The number of hydrogen-bond donors (Lipinski definition) is 1. The lowest BCUT2D eigenvalue weighted by Crippen LogP contribution is -2.41. The van der Waals surface area contributed by atoms with Crippen molar-refractivity contribution < 1.29 is 13.2 Å². The van der Waals surface area contributed by atoms with Gasteiger partial charge in [-0.3, -0.25) is 9.10 Å². The third-order valence-electron chi connectivity index (χ3n) is 3.40. The van der Waals surface area contributed by atoms with Crippen molar-refractivity contribution in [3.8, 4) is 0 Å². The fourth-order valence-electron chi connectivity index (χ4n) is 2.26. The van der Waals surface area contributed by atoms with Gasteiger partial charge in [-0.25, -0.2) is 8.42 Å². The summed E-state index contributed by atoms with van der Waals surface area (Å²) in [6, 6.07) is 14.1. The van der Waals surface area contributed by atoms with E-state index in [1.165, 1.54) is 18.2 Å². The summed E-state index contributed by atoms with van der Waals surface area (Å²) in [4.78, 5) is 12.2. The molecule has 2 rings (SSSR count). The summed E-state index contributed by atoms with van der Waals surface area (Å²) in [7, 11) is -3.67. The molecular weight excluding hydrogens is 383 g/mol. The molecule has 0 atom stereocenters. The number of amides is 1. The van der Waals surface area contributed by atoms with Crippen LogP contribution in [0, 0.1) is 0 Å². The quantitative estimate of drug-likeness (QED) is 0.775. The van der Waals surface area contributed by atoms with Gasteiger partial charge in [0.05, 0.1) is 11.9 Å². The van der Waals surface area contributed by atoms with E-state index in [4.69, 9.17) is 23.2 Å². The average molecular weight is 401 g/mol. The molecule has 0 heterocycles. The van der Waals surface area contributed by atoms with Gasteiger partial charge in [0.2, 0.25) is 15.9 Å². The zero-order valence-corrected chi connectivity index (χ0v) is 15.9. The van der Waals surface area contributed by atoms with E-state index in [9.17, 15) is 13.2 Å². The summed E-state index contributed by atoms with van der Waals surface area (Å²) in [5.74, 6) is -0.405. The Labute approximate surface area is 157 Å². The zero-order chi connectivity index (χ0) is 18.4. The molecule has 0 bridgehead atoms. The number of benzene rings is 2. The van der Waals surface area contributed by atoms with E-state index in [1.807, 2.05) is 30.3 Å². The van der Waals surface area contributed by atoms with E-state index in [2.05, 4.69) is 5.32 Å².